The molecular weight excluding hydrogens is 793 g/mol. The highest BCUT2D eigenvalue weighted by atomic mass is 16.5. The standard InChI is InChI=1S/C46H58N8O8/c1-27-22-50(25-37-39(61-5)19-30(20-40(37)62-6)35-24-49(4)43(57)36-26-52(46(60)47-3)17-14-32(35)36)23-28(2)53(27)18-13-29-11-15-51(16-12-29)31-7-8-33-34(21-31)45(59)54(44(33)58)38-9-10-41(55)48-42(38)56/h7-8,19-21,24,27-29,38H,9-18,22-23,25-26H2,1-6H3,(H,47,60)(H,48,55,56)/t27-,28+,38?. The monoisotopic (exact) mass is 850 g/mol. The average Bonchev–Trinajstić information content (AvgIpc) is 3.51. The Morgan fingerprint density at radius 2 is 1.52 bits per heavy atom. The molecule has 3 aromatic rings. The van der Waals surface area contributed by atoms with Crippen LogP contribution in [-0.2, 0) is 36.1 Å². The maximum Gasteiger partial charge on any atom is 0.317 e. The van der Waals surface area contributed by atoms with Crippen molar-refractivity contribution in [1.29, 1.82) is 0 Å². The predicted molar refractivity (Wildman–Crippen MR) is 232 cm³/mol. The van der Waals surface area contributed by atoms with Crippen LogP contribution < -0.4 is 30.6 Å². The lowest BCUT2D eigenvalue weighted by Crippen LogP contribution is -2.56. The Labute approximate surface area is 362 Å². The molecule has 0 radical (unpaired) electrons. The van der Waals surface area contributed by atoms with Gasteiger partial charge in [-0.3, -0.25) is 44.0 Å². The van der Waals surface area contributed by atoms with E-state index >= 15 is 0 Å². The van der Waals surface area contributed by atoms with Crippen molar-refractivity contribution >= 4 is 35.3 Å². The normalized spacial score (nSPS) is 22.4. The highest BCUT2D eigenvalue weighted by Gasteiger charge is 2.45. The molecule has 62 heavy (non-hydrogen) atoms. The highest BCUT2D eigenvalue weighted by Crippen LogP contribution is 2.39. The van der Waals surface area contributed by atoms with Gasteiger partial charge in [0.15, 0.2) is 0 Å². The van der Waals surface area contributed by atoms with E-state index < -0.39 is 29.7 Å². The molecule has 3 saturated heterocycles. The third-order valence-electron chi connectivity index (χ3n) is 13.7. The molecule has 0 saturated carbocycles. The number of nitrogens with zero attached hydrogens (tertiary/aromatic N) is 6. The fraction of sp³-hybridized carbons (Fsp3) is 0.522. The number of urea groups is 1. The van der Waals surface area contributed by atoms with Gasteiger partial charge in [0.2, 0.25) is 11.8 Å². The molecular formula is C46H58N8O8. The van der Waals surface area contributed by atoms with E-state index in [1.54, 1.807) is 49.9 Å². The first kappa shape index (κ1) is 42.9. The van der Waals surface area contributed by atoms with E-state index in [9.17, 15) is 28.8 Å². The second-order valence-corrected chi connectivity index (χ2v) is 17.5. The van der Waals surface area contributed by atoms with Crippen molar-refractivity contribution in [3.63, 3.8) is 0 Å². The number of piperidine rings is 2. The zero-order chi connectivity index (χ0) is 44.0. The molecule has 0 spiro atoms. The Hall–Kier alpha value is -5.74. The number of hydrogen-bond donors (Lipinski definition) is 2. The number of amides is 6. The van der Waals surface area contributed by atoms with Crippen molar-refractivity contribution in [3.05, 3.63) is 74.7 Å². The number of hydrogen-bond acceptors (Lipinski definition) is 11. The summed E-state index contributed by atoms with van der Waals surface area (Å²) in [4.78, 5) is 86.5. The molecule has 3 fully saturated rings. The number of rotatable bonds is 10. The lowest BCUT2D eigenvalue weighted by Gasteiger charge is -2.45. The molecule has 2 N–H and O–H groups in total. The van der Waals surface area contributed by atoms with Crippen molar-refractivity contribution in [2.24, 2.45) is 13.0 Å². The van der Waals surface area contributed by atoms with Crippen LogP contribution in [0.5, 0.6) is 11.5 Å². The Morgan fingerprint density at radius 1 is 0.839 bits per heavy atom. The first-order chi connectivity index (χ1) is 29.8. The predicted octanol–water partition coefficient (Wildman–Crippen LogP) is 3.37. The number of carbonyl (C=O) groups is 5. The molecule has 5 aliphatic heterocycles. The Bertz CT molecular complexity index is 2320. The minimum Gasteiger partial charge on any atom is -0.496 e. The zero-order valence-electron chi connectivity index (χ0n) is 36.6. The van der Waals surface area contributed by atoms with Crippen molar-refractivity contribution in [1.82, 2.24) is 34.8 Å². The number of carbonyl (C=O) groups excluding carboxylic acids is 5. The number of piperazine rings is 1. The van der Waals surface area contributed by atoms with E-state index in [2.05, 4.69) is 39.2 Å². The van der Waals surface area contributed by atoms with Crippen LogP contribution in [0.1, 0.15) is 83.4 Å². The summed E-state index contributed by atoms with van der Waals surface area (Å²) in [5.41, 5.74) is 5.80. The maximum atomic E-state index is 13.4. The summed E-state index contributed by atoms with van der Waals surface area (Å²) >= 11 is 0. The zero-order valence-corrected chi connectivity index (χ0v) is 36.6. The van der Waals surface area contributed by atoms with Gasteiger partial charge in [0, 0.05) is 94.9 Å². The SMILES string of the molecule is CNC(=O)N1CCc2c(-c3cc(OC)c(CN4C[C@@H](C)N(CCC5CCN(c6ccc7c(c6)C(=O)N(C6CCC(=O)NC6=O)C7=O)CC5)[C@@H](C)C4)c(OC)c3)cn(C)c(=O)c2C1. The van der Waals surface area contributed by atoms with E-state index in [1.807, 2.05) is 24.4 Å². The summed E-state index contributed by atoms with van der Waals surface area (Å²) < 4.78 is 13.6. The molecule has 1 aromatic heterocycles. The maximum absolute atomic E-state index is 13.4. The van der Waals surface area contributed by atoms with Gasteiger partial charge in [-0.05, 0) is 99.9 Å². The summed E-state index contributed by atoms with van der Waals surface area (Å²) in [6.07, 6.45) is 5.82. The number of pyridine rings is 1. The fourth-order valence-corrected chi connectivity index (χ4v) is 10.4. The molecule has 3 atom stereocenters. The third-order valence-corrected chi connectivity index (χ3v) is 13.7. The molecule has 5 aliphatic rings. The van der Waals surface area contributed by atoms with Gasteiger partial charge in [0.25, 0.3) is 17.4 Å². The largest absolute Gasteiger partial charge is 0.496 e. The molecule has 2 aromatic carbocycles. The number of ether oxygens (including phenoxy) is 2. The average molecular weight is 851 g/mol. The van der Waals surface area contributed by atoms with Crippen molar-refractivity contribution in [2.45, 2.75) is 83.6 Å². The molecule has 330 valence electrons. The quantitative estimate of drug-likeness (QED) is 0.288. The molecule has 6 amide bonds. The lowest BCUT2D eigenvalue weighted by atomic mass is 9.91. The second kappa shape index (κ2) is 17.6. The topological polar surface area (TPSA) is 166 Å². The van der Waals surface area contributed by atoms with E-state index in [0.29, 0.717) is 54.2 Å². The fourth-order valence-electron chi connectivity index (χ4n) is 10.4. The van der Waals surface area contributed by atoms with Gasteiger partial charge < -0.3 is 29.2 Å². The number of methoxy groups -OCH3 is 2. The Kier molecular flexibility index (Phi) is 12.2. The summed E-state index contributed by atoms with van der Waals surface area (Å²) in [7, 11) is 6.71. The molecule has 0 bridgehead atoms. The van der Waals surface area contributed by atoms with Gasteiger partial charge in [0.05, 0.1) is 37.5 Å². The molecule has 16 nitrogen and oxygen atoms in total. The van der Waals surface area contributed by atoms with Crippen LogP contribution in [0.3, 0.4) is 0 Å². The van der Waals surface area contributed by atoms with Crippen LogP contribution in [0, 0.1) is 5.92 Å². The summed E-state index contributed by atoms with van der Waals surface area (Å²) in [6, 6.07) is 8.96. The van der Waals surface area contributed by atoms with E-state index in [-0.39, 0.29) is 31.0 Å². The smallest absolute Gasteiger partial charge is 0.317 e. The van der Waals surface area contributed by atoms with Gasteiger partial charge in [-0.1, -0.05) is 0 Å². The summed E-state index contributed by atoms with van der Waals surface area (Å²) in [6.45, 7) is 10.6. The lowest BCUT2D eigenvalue weighted by molar-refractivity contribution is -0.136. The minimum absolute atomic E-state index is 0.0905. The molecule has 8 rings (SSSR count). The van der Waals surface area contributed by atoms with Crippen LogP contribution in [0.25, 0.3) is 11.1 Å². The Morgan fingerprint density at radius 3 is 2.16 bits per heavy atom. The van der Waals surface area contributed by atoms with Gasteiger partial charge in [-0.15, -0.1) is 0 Å². The van der Waals surface area contributed by atoms with Crippen LogP contribution in [0.4, 0.5) is 10.5 Å². The van der Waals surface area contributed by atoms with Gasteiger partial charge in [-0.2, -0.15) is 0 Å². The van der Waals surface area contributed by atoms with Crippen molar-refractivity contribution in [3.8, 4) is 22.6 Å². The van der Waals surface area contributed by atoms with Gasteiger partial charge >= 0.3 is 6.03 Å². The number of imide groups is 2. The third kappa shape index (κ3) is 8.05. The summed E-state index contributed by atoms with van der Waals surface area (Å²) in [5, 5.41) is 4.93. The first-order valence-corrected chi connectivity index (χ1v) is 21.8. The van der Waals surface area contributed by atoms with E-state index in [4.69, 9.17) is 9.47 Å². The van der Waals surface area contributed by atoms with Crippen LogP contribution in [0.15, 0.2) is 41.3 Å². The summed E-state index contributed by atoms with van der Waals surface area (Å²) in [5.74, 6) is 0.0663. The van der Waals surface area contributed by atoms with Crippen LogP contribution in [0.2, 0.25) is 0 Å². The highest BCUT2D eigenvalue weighted by molar-refractivity contribution is 6.23. The van der Waals surface area contributed by atoms with Crippen molar-refractivity contribution in [2.75, 3.05) is 65.4 Å². The van der Waals surface area contributed by atoms with E-state index in [1.165, 1.54) is 0 Å². The molecule has 1 unspecified atom stereocenters. The van der Waals surface area contributed by atoms with Gasteiger partial charge in [-0.25, -0.2) is 4.79 Å². The van der Waals surface area contributed by atoms with Gasteiger partial charge in [0.1, 0.15) is 17.5 Å². The van der Waals surface area contributed by atoms with E-state index in [0.717, 1.165) is 96.3 Å². The second-order valence-electron chi connectivity index (χ2n) is 17.5. The molecule has 16 heteroatoms. The number of anilines is 1. The first-order valence-electron chi connectivity index (χ1n) is 21.8. The van der Waals surface area contributed by atoms with Crippen LogP contribution in [-0.4, -0.2) is 132 Å². The molecule has 6 heterocycles. The molecule has 0 aliphatic carbocycles. The Balaban J connectivity index is 0.871. The van der Waals surface area contributed by atoms with Crippen molar-refractivity contribution < 1.29 is 33.4 Å². The number of nitrogens with one attached hydrogen (secondary N) is 2. The minimum atomic E-state index is -0.976. The number of aromatic nitrogens is 1. The number of benzene rings is 2. The number of aryl methyl sites for hydroxylation is 1. The number of fused-ring (bicyclic) bond motifs is 2. The van der Waals surface area contributed by atoms with Crippen LogP contribution >= 0.6 is 0 Å².